The zero-order valence-electron chi connectivity index (χ0n) is 11.8. The van der Waals surface area contributed by atoms with Crippen molar-refractivity contribution in [1.82, 2.24) is 10.3 Å². The topological polar surface area (TPSA) is 105 Å². The molecule has 112 valence electrons. The van der Waals surface area contributed by atoms with Crippen molar-refractivity contribution in [2.24, 2.45) is 11.7 Å². The van der Waals surface area contributed by atoms with Crippen molar-refractivity contribution >= 4 is 23.2 Å². The first kappa shape index (κ1) is 16.6. The number of carboxylic acids is 1. The Hall–Kier alpha value is -1.47. The van der Waals surface area contributed by atoms with Crippen LogP contribution in [0.3, 0.4) is 0 Å². The van der Waals surface area contributed by atoms with Gasteiger partial charge in [0.15, 0.2) is 5.69 Å². The van der Waals surface area contributed by atoms with Gasteiger partial charge in [0.2, 0.25) is 5.91 Å². The number of rotatable bonds is 8. The molecule has 6 nitrogen and oxygen atoms in total. The van der Waals surface area contributed by atoms with Gasteiger partial charge in [-0.2, -0.15) is 0 Å². The molecule has 7 heteroatoms. The Labute approximate surface area is 122 Å². The lowest BCUT2D eigenvalue weighted by Crippen LogP contribution is -2.29. The smallest absolute Gasteiger partial charge is 0.355 e. The van der Waals surface area contributed by atoms with Crippen LogP contribution >= 0.6 is 11.3 Å². The summed E-state index contributed by atoms with van der Waals surface area (Å²) >= 11 is 1.23. The standard InChI is InChI=1S/C13H21N3O3S/c1-8(4-3-5-9(2)14)12(17)15-6-11-16-10(7-20-11)13(18)19/h7-9H,3-6,14H2,1-2H3,(H,15,17)(H,18,19). The molecular formula is C13H21N3O3S. The molecule has 2 unspecified atom stereocenters. The average molecular weight is 299 g/mol. The summed E-state index contributed by atoms with van der Waals surface area (Å²) in [5.41, 5.74) is 5.68. The molecule has 0 spiro atoms. The zero-order chi connectivity index (χ0) is 15.1. The maximum atomic E-state index is 11.9. The number of hydrogen-bond acceptors (Lipinski definition) is 5. The Morgan fingerprint density at radius 3 is 2.70 bits per heavy atom. The van der Waals surface area contributed by atoms with Gasteiger partial charge < -0.3 is 16.2 Å². The molecule has 1 aromatic rings. The fraction of sp³-hybridized carbons (Fsp3) is 0.615. The SMILES string of the molecule is CC(N)CCCC(C)C(=O)NCc1nc(C(=O)O)cs1. The van der Waals surface area contributed by atoms with Crippen LogP contribution in [0.1, 0.15) is 48.6 Å². The molecule has 0 aromatic carbocycles. The quantitative estimate of drug-likeness (QED) is 0.676. The van der Waals surface area contributed by atoms with E-state index in [2.05, 4.69) is 10.3 Å². The molecule has 0 aliphatic heterocycles. The van der Waals surface area contributed by atoms with E-state index in [1.165, 1.54) is 16.7 Å². The molecule has 0 saturated carbocycles. The third-order valence-corrected chi connectivity index (χ3v) is 3.78. The number of carbonyl (C=O) groups is 2. The maximum absolute atomic E-state index is 11.9. The summed E-state index contributed by atoms with van der Waals surface area (Å²) in [5, 5.41) is 13.6. The minimum absolute atomic E-state index is 0.0178. The zero-order valence-corrected chi connectivity index (χ0v) is 12.6. The minimum atomic E-state index is -1.05. The van der Waals surface area contributed by atoms with E-state index in [9.17, 15) is 9.59 Å². The highest BCUT2D eigenvalue weighted by molar-refractivity contribution is 7.09. The lowest BCUT2D eigenvalue weighted by molar-refractivity contribution is -0.124. The number of aromatic carboxylic acids is 1. The minimum Gasteiger partial charge on any atom is -0.476 e. The highest BCUT2D eigenvalue weighted by atomic mass is 32.1. The van der Waals surface area contributed by atoms with Gasteiger partial charge in [0.25, 0.3) is 0 Å². The van der Waals surface area contributed by atoms with Crippen molar-refractivity contribution in [1.29, 1.82) is 0 Å². The van der Waals surface area contributed by atoms with Crippen LogP contribution in [-0.2, 0) is 11.3 Å². The van der Waals surface area contributed by atoms with Gasteiger partial charge in [0.05, 0.1) is 6.54 Å². The molecule has 1 heterocycles. The second kappa shape index (κ2) is 7.96. The van der Waals surface area contributed by atoms with Crippen molar-refractivity contribution < 1.29 is 14.7 Å². The highest BCUT2D eigenvalue weighted by Crippen LogP contribution is 2.12. The molecule has 0 aliphatic rings. The lowest BCUT2D eigenvalue weighted by atomic mass is 10.0. The summed E-state index contributed by atoms with van der Waals surface area (Å²) < 4.78 is 0. The van der Waals surface area contributed by atoms with E-state index < -0.39 is 5.97 Å². The van der Waals surface area contributed by atoms with E-state index in [4.69, 9.17) is 10.8 Å². The molecule has 1 rings (SSSR count). The van der Waals surface area contributed by atoms with Crippen LogP contribution in [0.5, 0.6) is 0 Å². The molecular weight excluding hydrogens is 278 g/mol. The van der Waals surface area contributed by atoms with E-state index in [1.807, 2.05) is 13.8 Å². The summed E-state index contributed by atoms with van der Waals surface area (Å²) in [6.45, 7) is 4.10. The first-order chi connectivity index (χ1) is 9.40. The van der Waals surface area contributed by atoms with Crippen molar-refractivity contribution in [2.75, 3.05) is 0 Å². The van der Waals surface area contributed by atoms with Gasteiger partial charge in [-0.05, 0) is 19.8 Å². The Morgan fingerprint density at radius 1 is 1.45 bits per heavy atom. The predicted octanol–water partition coefficient (Wildman–Crippen LogP) is 1.61. The number of hydrogen-bond donors (Lipinski definition) is 3. The molecule has 0 bridgehead atoms. The Bertz CT molecular complexity index is 459. The molecule has 0 aliphatic carbocycles. The van der Waals surface area contributed by atoms with Gasteiger partial charge in [-0.3, -0.25) is 4.79 Å². The van der Waals surface area contributed by atoms with Gasteiger partial charge in [-0.25, -0.2) is 9.78 Å². The predicted molar refractivity (Wildman–Crippen MR) is 77.6 cm³/mol. The van der Waals surface area contributed by atoms with E-state index in [0.717, 1.165) is 19.3 Å². The van der Waals surface area contributed by atoms with Crippen LogP contribution in [0.25, 0.3) is 0 Å². The molecule has 2 atom stereocenters. The van der Waals surface area contributed by atoms with Crippen LogP contribution in [0.2, 0.25) is 0 Å². The van der Waals surface area contributed by atoms with Crippen LogP contribution in [0.4, 0.5) is 0 Å². The highest BCUT2D eigenvalue weighted by Gasteiger charge is 2.14. The monoisotopic (exact) mass is 299 g/mol. The molecule has 0 saturated heterocycles. The third-order valence-electron chi connectivity index (χ3n) is 2.93. The van der Waals surface area contributed by atoms with Crippen molar-refractivity contribution in [3.63, 3.8) is 0 Å². The number of thiazole rings is 1. The molecule has 20 heavy (non-hydrogen) atoms. The van der Waals surface area contributed by atoms with Crippen LogP contribution in [-0.4, -0.2) is 28.0 Å². The van der Waals surface area contributed by atoms with Gasteiger partial charge >= 0.3 is 5.97 Å². The maximum Gasteiger partial charge on any atom is 0.355 e. The normalized spacial score (nSPS) is 13.8. The van der Waals surface area contributed by atoms with E-state index >= 15 is 0 Å². The molecule has 1 aromatic heterocycles. The van der Waals surface area contributed by atoms with E-state index in [-0.39, 0.29) is 30.1 Å². The largest absolute Gasteiger partial charge is 0.476 e. The number of aromatic nitrogens is 1. The molecule has 0 fully saturated rings. The Kier molecular flexibility index (Phi) is 6.60. The number of nitrogens with zero attached hydrogens (tertiary/aromatic N) is 1. The van der Waals surface area contributed by atoms with Gasteiger partial charge in [-0.15, -0.1) is 11.3 Å². The van der Waals surface area contributed by atoms with Crippen molar-refractivity contribution in [2.45, 2.75) is 45.7 Å². The fourth-order valence-electron chi connectivity index (χ4n) is 1.70. The van der Waals surface area contributed by atoms with E-state index in [0.29, 0.717) is 5.01 Å². The van der Waals surface area contributed by atoms with Crippen molar-refractivity contribution in [3.8, 4) is 0 Å². The molecule has 0 radical (unpaired) electrons. The van der Waals surface area contributed by atoms with Crippen LogP contribution in [0.15, 0.2) is 5.38 Å². The van der Waals surface area contributed by atoms with Crippen LogP contribution in [0, 0.1) is 5.92 Å². The second-order valence-corrected chi connectivity index (χ2v) is 5.90. The second-order valence-electron chi connectivity index (χ2n) is 4.96. The number of carbonyl (C=O) groups excluding carboxylic acids is 1. The Balaban J connectivity index is 2.32. The molecule has 1 amide bonds. The lowest BCUT2D eigenvalue weighted by Gasteiger charge is -2.12. The Morgan fingerprint density at radius 2 is 2.15 bits per heavy atom. The van der Waals surface area contributed by atoms with Gasteiger partial charge in [-0.1, -0.05) is 13.3 Å². The fourth-order valence-corrected chi connectivity index (χ4v) is 2.41. The number of carboxylic acid groups (broad SMARTS) is 1. The summed E-state index contributed by atoms with van der Waals surface area (Å²) in [5.74, 6) is -1.17. The first-order valence-electron chi connectivity index (χ1n) is 6.61. The van der Waals surface area contributed by atoms with Crippen LogP contribution < -0.4 is 11.1 Å². The summed E-state index contributed by atoms with van der Waals surface area (Å²) in [6, 6.07) is 0.162. The summed E-state index contributed by atoms with van der Waals surface area (Å²) in [6.07, 6.45) is 2.63. The number of amides is 1. The first-order valence-corrected chi connectivity index (χ1v) is 7.49. The number of nitrogens with two attached hydrogens (primary N) is 1. The van der Waals surface area contributed by atoms with Gasteiger partial charge in [0.1, 0.15) is 5.01 Å². The van der Waals surface area contributed by atoms with Crippen molar-refractivity contribution in [3.05, 3.63) is 16.1 Å². The molecule has 4 N–H and O–H groups in total. The number of nitrogens with one attached hydrogen (secondary N) is 1. The summed E-state index contributed by atoms with van der Waals surface area (Å²) in [4.78, 5) is 26.4. The average Bonchev–Trinajstić information content (AvgIpc) is 2.84. The van der Waals surface area contributed by atoms with E-state index in [1.54, 1.807) is 0 Å². The summed E-state index contributed by atoms with van der Waals surface area (Å²) in [7, 11) is 0. The van der Waals surface area contributed by atoms with Gasteiger partial charge in [0, 0.05) is 17.3 Å². The third kappa shape index (κ3) is 5.66.